The number of nitrogens with one attached hydrogen (secondary N) is 1. The van der Waals surface area contributed by atoms with Crippen molar-refractivity contribution >= 4 is 0 Å². The Morgan fingerprint density at radius 1 is 1.24 bits per heavy atom. The highest BCUT2D eigenvalue weighted by Crippen LogP contribution is 2.19. The van der Waals surface area contributed by atoms with Crippen molar-refractivity contribution in [2.24, 2.45) is 0 Å². The highest BCUT2D eigenvalue weighted by Gasteiger charge is 2.16. The summed E-state index contributed by atoms with van der Waals surface area (Å²) in [5.74, 6) is 0. The van der Waals surface area contributed by atoms with Crippen molar-refractivity contribution in [2.45, 2.75) is 52.2 Å². The SMILES string of the molecule is CCC(CC)N(CCOC)Cc1ccc2c(c1)CNCC2. The van der Waals surface area contributed by atoms with Gasteiger partial charge in [0.2, 0.25) is 0 Å². The van der Waals surface area contributed by atoms with Gasteiger partial charge in [0.15, 0.2) is 0 Å². The zero-order chi connectivity index (χ0) is 15.1. The van der Waals surface area contributed by atoms with Gasteiger partial charge in [0, 0.05) is 32.8 Å². The third-order valence-electron chi connectivity index (χ3n) is 4.58. The van der Waals surface area contributed by atoms with Crippen molar-refractivity contribution in [3.63, 3.8) is 0 Å². The van der Waals surface area contributed by atoms with Gasteiger partial charge in [-0.15, -0.1) is 0 Å². The molecule has 0 aromatic heterocycles. The Labute approximate surface area is 129 Å². The maximum absolute atomic E-state index is 5.29. The van der Waals surface area contributed by atoms with E-state index in [9.17, 15) is 0 Å². The molecule has 0 unspecified atom stereocenters. The van der Waals surface area contributed by atoms with Crippen LogP contribution in [-0.2, 0) is 24.2 Å². The molecule has 2 rings (SSSR count). The number of hydrogen-bond donors (Lipinski definition) is 1. The molecular formula is C18H30N2O. The largest absolute Gasteiger partial charge is 0.383 e. The van der Waals surface area contributed by atoms with Crippen molar-refractivity contribution in [3.8, 4) is 0 Å². The van der Waals surface area contributed by atoms with E-state index in [0.717, 1.165) is 39.2 Å². The number of benzene rings is 1. The van der Waals surface area contributed by atoms with Gasteiger partial charge in [0.25, 0.3) is 0 Å². The molecule has 0 bridgehead atoms. The fourth-order valence-electron chi connectivity index (χ4n) is 3.27. The summed E-state index contributed by atoms with van der Waals surface area (Å²) < 4.78 is 5.29. The molecule has 0 saturated carbocycles. The zero-order valence-electron chi connectivity index (χ0n) is 13.8. The van der Waals surface area contributed by atoms with Gasteiger partial charge in [-0.05, 0) is 42.5 Å². The standard InChI is InChI=1S/C18H30N2O/c1-4-18(5-2)20(10-11-21-3)14-15-6-7-16-8-9-19-13-17(16)12-15/h6-7,12,18-19H,4-5,8-11,13-14H2,1-3H3. The molecule has 1 N–H and O–H groups in total. The molecule has 3 nitrogen and oxygen atoms in total. The molecule has 0 aliphatic carbocycles. The Bertz CT molecular complexity index is 429. The van der Waals surface area contributed by atoms with E-state index in [1.165, 1.54) is 29.5 Å². The Balaban J connectivity index is 2.07. The average molecular weight is 290 g/mol. The molecule has 1 heterocycles. The smallest absolute Gasteiger partial charge is 0.0589 e. The second kappa shape index (κ2) is 8.52. The van der Waals surface area contributed by atoms with Crippen LogP contribution in [0.3, 0.4) is 0 Å². The first kappa shape index (κ1) is 16.5. The predicted octanol–water partition coefficient (Wildman–Crippen LogP) is 2.97. The normalized spacial score (nSPS) is 14.7. The average Bonchev–Trinajstić information content (AvgIpc) is 2.53. The molecule has 0 fully saturated rings. The van der Waals surface area contributed by atoms with Crippen molar-refractivity contribution < 1.29 is 4.74 Å². The second-order valence-electron chi connectivity index (χ2n) is 5.96. The van der Waals surface area contributed by atoms with Crippen LogP contribution in [0.4, 0.5) is 0 Å². The zero-order valence-corrected chi connectivity index (χ0v) is 13.8. The fourth-order valence-corrected chi connectivity index (χ4v) is 3.27. The number of nitrogens with zero attached hydrogens (tertiary/aromatic N) is 1. The van der Waals surface area contributed by atoms with Crippen LogP contribution >= 0.6 is 0 Å². The lowest BCUT2D eigenvalue weighted by molar-refractivity contribution is 0.110. The van der Waals surface area contributed by atoms with E-state index in [1.54, 1.807) is 7.11 Å². The Morgan fingerprint density at radius 3 is 2.76 bits per heavy atom. The van der Waals surface area contributed by atoms with Gasteiger partial charge in [0.1, 0.15) is 0 Å². The number of rotatable bonds is 8. The minimum Gasteiger partial charge on any atom is -0.383 e. The minimum atomic E-state index is 0.648. The van der Waals surface area contributed by atoms with Crippen LogP contribution in [0.25, 0.3) is 0 Å². The molecule has 118 valence electrons. The first-order chi connectivity index (χ1) is 10.3. The summed E-state index contributed by atoms with van der Waals surface area (Å²) in [4.78, 5) is 2.57. The van der Waals surface area contributed by atoms with Gasteiger partial charge in [-0.2, -0.15) is 0 Å². The molecule has 1 aromatic carbocycles. The van der Waals surface area contributed by atoms with E-state index >= 15 is 0 Å². The van der Waals surface area contributed by atoms with Crippen LogP contribution in [0.2, 0.25) is 0 Å². The highest BCUT2D eigenvalue weighted by molar-refractivity contribution is 5.33. The summed E-state index contributed by atoms with van der Waals surface area (Å²) >= 11 is 0. The van der Waals surface area contributed by atoms with Crippen LogP contribution < -0.4 is 5.32 Å². The van der Waals surface area contributed by atoms with Gasteiger partial charge in [-0.25, -0.2) is 0 Å². The van der Waals surface area contributed by atoms with Gasteiger partial charge in [0.05, 0.1) is 6.61 Å². The Kier molecular flexibility index (Phi) is 6.68. The molecular weight excluding hydrogens is 260 g/mol. The van der Waals surface area contributed by atoms with Crippen LogP contribution in [0.5, 0.6) is 0 Å². The number of hydrogen-bond acceptors (Lipinski definition) is 3. The van der Waals surface area contributed by atoms with E-state index in [1.807, 2.05) is 0 Å². The molecule has 0 radical (unpaired) electrons. The highest BCUT2D eigenvalue weighted by atomic mass is 16.5. The van der Waals surface area contributed by atoms with Crippen LogP contribution in [0.15, 0.2) is 18.2 Å². The summed E-state index contributed by atoms with van der Waals surface area (Å²) in [5.41, 5.74) is 4.43. The maximum Gasteiger partial charge on any atom is 0.0589 e. The summed E-state index contributed by atoms with van der Waals surface area (Å²) in [5, 5.41) is 3.47. The van der Waals surface area contributed by atoms with Crippen molar-refractivity contribution in [1.82, 2.24) is 10.2 Å². The van der Waals surface area contributed by atoms with Crippen LogP contribution in [-0.4, -0.2) is 37.7 Å². The van der Waals surface area contributed by atoms with E-state index in [-0.39, 0.29) is 0 Å². The van der Waals surface area contributed by atoms with Gasteiger partial charge in [-0.1, -0.05) is 32.0 Å². The summed E-state index contributed by atoms with van der Waals surface area (Å²) in [7, 11) is 1.79. The topological polar surface area (TPSA) is 24.5 Å². The molecule has 1 aliphatic rings. The van der Waals surface area contributed by atoms with E-state index in [4.69, 9.17) is 4.74 Å². The second-order valence-corrected chi connectivity index (χ2v) is 5.96. The molecule has 0 spiro atoms. The molecule has 3 heteroatoms. The summed E-state index contributed by atoms with van der Waals surface area (Å²) in [6.45, 7) is 9.55. The lowest BCUT2D eigenvalue weighted by Gasteiger charge is -2.30. The fraction of sp³-hybridized carbons (Fsp3) is 0.667. The predicted molar refractivity (Wildman–Crippen MR) is 88.5 cm³/mol. The monoisotopic (exact) mass is 290 g/mol. The van der Waals surface area contributed by atoms with Crippen molar-refractivity contribution in [1.29, 1.82) is 0 Å². The number of ether oxygens (including phenoxy) is 1. The lowest BCUT2D eigenvalue weighted by Crippen LogP contribution is -2.36. The first-order valence-corrected chi connectivity index (χ1v) is 8.32. The quantitative estimate of drug-likeness (QED) is 0.796. The number of fused-ring (bicyclic) bond motifs is 1. The van der Waals surface area contributed by atoms with Gasteiger partial charge in [-0.3, -0.25) is 4.90 Å². The van der Waals surface area contributed by atoms with E-state index in [0.29, 0.717) is 6.04 Å². The van der Waals surface area contributed by atoms with Crippen LogP contribution in [0.1, 0.15) is 43.4 Å². The molecule has 0 saturated heterocycles. The molecule has 21 heavy (non-hydrogen) atoms. The first-order valence-electron chi connectivity index (χ1n) is 8.32. The summed E-state index contributed by atoms with van der Waals surface area (Å²) in [6.07, 6.45) is 3.56. The van der Waals surface area contributed by atoms with Gasteiger partial charge >= 0.3 is 0 Å². The third-order valence-corrected chi connectivity index (χ3v) is 4.58. The molecule has 0 amide bonds. The van der Waals surface area contributed by atoms with Crippen LogP contribution in [0, 0.1) is 0 Å². The Morgan fingerprint density at radius 2 is 2.05 bits per heavy atom. The maximum atomic E-state index is 5.29. The van der Waals surface area contributed by atoms with Crippen molar-refractivity contribution in [3.05, 3.63) is 34.9 Å². The third kappa shape index (κ3) is 4.53. The molecule has 1 aromatic rings. The van der Waals surface area contributed by atoms with E-state index in [2.05, 4.69) is 42.3 Å². The summed E-state index contributed by atoms with van der Waals surface area (Å²) in [6, 6.07) is 7.68. The van der Waals surface area contributed by atoms with Crippen molar-refractivity contribution in [2.75, 3.05) is 26.8 Å². The molecule has 1 aliphatic heterocycles. The Hall–Kier alpha value is -0.900. The number of methoxy groups -OCH3 is 1. The minimum absolute atomic E-state index is 0.648. The van der Waals surface area contributed by atoms with Gasteiger partial charge < -0.3 is 10.1 Å². The molecule has 0 atom stereocenters. The lowest BCUT2D eigenvalue weighted by atomic mass is 9.98. The van der Waals surface area contributed by atoms with E-state index < -0.39 is 0 Å².